The fourth-order valence-electron chi connectivity index (χ4n) is 3.93. The van der Waals surface area contributed by atoms with Crippen LogP contribution in [-0.2, 0) is 0 Å². The summed E-state index contributed by atoms with van der Waals surface area (Å²) in [7, 11) is 0. The molecule has 0 spiro atoms. The lowest BCUT2D eigenvalue weighted by molar-refractivity contribution is 0.0427. The first-order valence-electron chi connectivity index (χ1n) is 9.55. The van der Waals surface area contributed by atoms with E-state index < -0.39 is 5.60 Å². The van der Waals surface area contributed by atoms with E-state index in [0.29, 0.717) is 22.7 Å². The van der Waals surface area contributed by atoms with E-state index in [1.165, 1.54) is 18.3 Å². The minimum absolute atomic E-state index is 0.126. The molecule has 3 rings (SSSR count). The zero-order valence-electron chi connectivity index (χ0n) is 15.9. The first-order valence-corrected chi connectivity index (χ1v) is 9.55. The van der Waals surface area contributed by atoms with Gasteiger partial charge in [0.25, 0.3) is 5.91 Å². The molecule has 2 unspecified atom stereocenters. The topological polar surface area (TPSA) is 62.2 Å². The van der Waals surface area contributed by atoms with E-state index in [1.807, 2.05) is 13.8 Å². The quantitative estimate of drug-likeness (QED) is 0.823. The predicted molar refractivity (Wildman–Crippen MR) is 104 cm³/mol. The van der Waals surface area contributed by atoms with Crippen molar-refractivity contribution >= 4 is 5.91 Å². The number of hydrogen-bond acceptors (Lipinski definition) is 3. The number of amides is 1. The largest absolute Gasteiger partial charge is 0.390 e. The molecule has 4 nitrogen and oxygen atoms in total. The van der Waals surface area contributed by atoms with Gasteiger partial charge in [0, 0.05) is 17.8 Å². The lowest BCUT2D eigenvalue weighted by atomic mass is 9.80. The highest BCUT2D eigenvalue weighted by atomic mass is 19.1. The lowest BCUT2D eigenvalue weighted by Gasteiger charge is -2.33. The molecule has 1 heterocycles. The second-order valence-electron chi connectivity index (χ2n) is 8.16. The molecule has 1 aliphatic rings. The summed E-state index contributed by atoms with van der Waals surface area (Å²) in [6.45, 7) is 3.67. The van der Waals surface area contributed by atoms with Crippen molar-refractivity contribution < 1.29 is 14.3 Å². The van der Waals surface area contributed by atoms with Crippen LogP contribution >= 0.6 is 0 Å². The van der Waals surface area contributed by atoms with Gasteiger partial charge in [-0.3, -0.25) is 9.78 Å². The molecule has 1 aliphatic carbocycles. The fraction of sp³-hybridized carbons (Fsp3) is 0.455. The molecule has 0 bridgehead atoms. The monoisotopic (exact) mass is 370 g/mol. The van der Waals surface area contributed by atoms with Crippen molar-refractivity contribution in [1.82, 2.24) is 10.3 Å². The molecule has 1 saturated carbocycles. The molecule has 0 saturated heterocycles. The highest BCUT2D eigenvalue weighted by Crippen LogP contribution is 2.31. The average molecular weight is 370 g/mol. The van der Waals surface area contributed by atoms with Gasteiger partial charge >= 0.3 is 0 Å². The number of carbonyl (C=O) groups is 1. The third-order valence-electron chi connectivity index (χ3n) is 5.05. The maximum absolute atomic E-state index is 13.3. The smallest absolute Gasteiger partial charge is 0.253 e. The summed E-state index contributed by atoms with van der Waals surface area (Å²) < 4.78 is 13.3. The number of nitrogens with one attached hydrogen (secondary N) is 1. The number of nitrogens with zero attached hydrogens (tertiary/aromatic N) is 1. The molecule has 1 amide bonds. The van der Waals surface area contributed by atoms with Crippen molar-refractivity contribution in [3.63, 3.8) is 0 Å². The van der Waals surface area contributed by atoms with Gasteiger partial charge in [-0.25, -0.2) is 4.39 Å². The summed E-state index contributed by atoms with van der Waals surface area (Å²) in [6.07, 6.45) is 6.30. The van der Waals surface area contributed by atoms with Crippen LogP contribution in [0.4, 0.5) is 4.39 Å². The van der Waals surface area contributed by atoms with Crippen LogP contribution in [0.3, 0.4) is 0 Å². The molecule has 2 N–H and O–H groups in total. The van der Waals surface area contributed by atoms with E-state index in [1.54, 1.807) is 24.3 Å². The first-order chi connectivity index (χ1) is 12.8. The third kappa shape index (κ3) is 5.60. The minimum Gasteiger partial charge on any atom is -0.390 e. The van der Waals surface area contributed by atoms with Gasteiger partial charge < -0.3 is 10.4 Å². The molecule has 1 aromatic heterocycles. The van der Waals surface area contributed by atoms with Crippen LogP contribution in [0, 0.1) is 11.7 Å². The summed E-state index contributed by atoms with van der Waals surface area (Å²) >= 11 is 0. The number of carbonyl (C=O) groups excluding carboxylic acids is 1. The Hall–Kier alpha value is -2.27. The highest BCUT2D eigenvalue weighted by molar-refractivity contribution is 5.94. The van der Waals surface area contributed by atoms with Crippen molar-refractivity contribution in [3.05, 3.63) is 54.0 Å². The van der Waals surface area contributed by atoms with Crippen LogP contribution in [0.5, 0.6) is 0 Å². The van der Waals surface area contributed by atoms with E-state index in [2.05, 4.69) is 10.3 Å². The summed E-state index contributed by atoms with van der Waals surface area (Å²) in [5.41, 5.74) is 1.14. The number of pyridine rings is 1. The van der Waals surface area contributed by atoms with Crippen LogP contribution < -0.4 is 5.32 Å². The van der Waals surface area contributed by atoms with E-state index in [-0.39, 0.29) is 17.8 Å². The molecule has 144 valence electrons. The van der Waals surface area contributed by atoms with Crippen molar-refractivity contribution in [2.75, 3.05) is 0 Å². The lowest BCUT2D eigenvalue weighted by Crippen LogP contribution is -2.39. The van der Waals surface area contributed by atoms with Crippen molar-refractivity contribution in [3.8, 4) is 11.3 Å². The summed E-state index contributed by atoms with van der Waals surface area (Å²) in [5, 5.41) is 13.1. The van der Waals surface area contributed by atoms with Gasteiger partial charge in [-0.15, -0.1) is 0 Å². The third-order valence-corrected chi connectivity index (χ3v) is 5.05. The molecule has 2 atom stereocenters. The van der Waals surface area contributed by atoms with Gasteiger partial charge in [-0.2, -0.15) is 0 Å². The van der Waals surface area contributed by atoms with Crippen LogP contribution in [0.1, 0.15) is 56.3 Å². The molecule has 0 aliphatic heterocycles. The fourth-order valence-corrected chi connectivity index (χ4v) is 3.93. The number of rotatable bonds is 5. The summed E-state index contributed by atoms with van der Waals surface area (Å²) in [6, 6.07) is 9.83. The van der Waals surface area contributed by atoms with E-state index >= 15 is 0 Å². The Morgan fingerprint density at radius 3 is 2.78 bits per heavy atom. The van der Waals surface area contributed by atoms with Crippen LogP contribution in [0.2, 0.25) is 0 Å². The number of benzene rings is 1. The molecule has 1 fully saturated rings. The zero-order chi connectivity index (χ0) is 19.4. The van der Waals surface area contributed by atoms with Crippen molar-refractivity contribution in [2.45, 2.75) is 57.6 Å². The minimum atomic E-state index is -0.673. The van der Waals surface area contributed by atoms with E-state index in [9.17, 15) is 14.3 Å². The molecular weight excluding hydrogens is 343 g/mol. The predicted octanol–water partition coefficient (Wildman–Crippen LogP) is 4.34. The van der Waals surface area contributed by atoms with Crippen molar-refractivity contribution in [2.24, 2.45) is 5.92 Å². The standard InChI is InChI=1S/C22H27FN2O2/c1-22(2,27)13-15-5-3-8-19(11-15)25-21(26)17-9-10-20(24-14-17)16-6-4-7-18(23)12-16/h4,6-7,9-10,12,14-15,19,27H,3,5,8,11,13H2,1-2H3,(H,25,26). The van der Waals surface area contributed by atoms with Gasteiger partial charge in [0.05, 0.1) is 16.9 Å². The molecule has 2 aromatic rings. The van der Waals surface area contributed by atoms with Gasteiger partial charge in [-0.1, -0.05) is 25.0 Å². The Kier molecular flexibility index (Phi) is 5.90. The summed E-state index contributed by atoms with van der Waals surface area (Å²) in [4.78, 5) is 16.9. The number of halogens is 1. The Morgan fingerprint density at radius 1 is 1.30 bits per heavy atom. The molecule has 1 aromatic carbocycles. The van der Waals surface area contributed by atoms with Crippen LogP contribution in [-0.4, -0.2) is 27.6 Å². The first kappa shape index (κ1) is 19.5. The molecule has 0 radical (unpaired) electrons. The molecular formula is C22H27FN2O2. The Labute approximate surface area is 159 Å². The highest BCUT2D eigenvalue weighted by Gasteiger charge is 2.27. The van der Waals surface area contributed by atoms with Crippen LogP contribution in [0.25, 0.3) is 11.3 Å². The Bertz CT molecular complexity index is 784. The average Bonchev–Trinajstić information content (AvgIpc) is 2.61. The van der Waals surface area contributed by atoms with E-state index in [4.69, 9.17) is 0 Å². The van der Waals surface area contributed by atoms with E-state index in [0.717, 1.165) is 32.1 Å². The van der Waals surface area contributed by atoms with Crippen LogP contribution in [0.15, 0.2) is 42.6 Å². The zero-order valence-corrected chi connectivity index (χ0v) is 15.9. The van der Waals surface area contributed by atoms with Gasteiger partial charge in [0.1, 0.15) is 5.82 Å². The number of hydrogen-bond donors (Lipinski definition) is 2. The SMILES string of the molecule is CC(C)(O)CC1CCCC(NC(=O)c2ccc(-c3cccc(F)c3)nc2)C1. The van der Waals surface area contributed by atoms with Gasteiger partial charge in [0.2, 0.25) is 0 Å². The summed E-state index contributed by atoms with van der Waals surface area (Å²) in [5.74, 6) is -0.0197. The number of aliphatic hydroxyl groups is 1. The Balaban J connectivity index is 1.61. The second kappa shape index (κ2) is 8.17. The maximum atomic E-state index is 13.3. The maximum Gasteiger partial charge on any atom is 0.253 e. The van der Waals surface area contributed by atoms with Gasteiger partial charge in [0.15, 0.2) is 0 Å². The number of aromatic nitrogens is 1. The molecule has 5 heteroatoms. The second-order valence-corrected chi connectivity index (χ2v) is 8.16. The Morgan fingerprint density at radius 2 is 2.11 bits per heavy atom. The van der Waals surface area contributed by atoms with Crippen molar-refractivity contribution in [1.29, 1.82) is 0 Å². The molecule has 27 heavy (non-hydrogen) atoms. The van der Waals surface area contributed by atoms with Gasteiger partial charge in [-0.05, 0) is 63.3 Å². The normalized spacial score (nSPS) is 20.3.